The van der Waals surface area contributed by atoms with Crippen molar-refractivity contribution in [3.8, 4) is 0 Å². The maximum Gasteiger partial charge on any atom is 0.313 e. The second-order valence-electron chi connectivity index (χ2n) is 8.12. The number of carboxylic acid groups (broad SMARTS) is 1. The molecule has 2 aliphatic heterocycles. The maximum absolute atomic E-state index is 11.8. The van der Waals surface area contributed by atoms with Gasteiger partial charge in [-0.15, -0.1) is 0 Å². The van der Waals surface area contributed by atoms with Gasteiger partial charge in [0.05, 0.1) is 18.6 Å². The second-order valence-corrected chi connectivity index (χ2v) is 8.12. The highest BCUT2D eigenvalue weighted by Gasteiger charge is 2.35. The number of carboxylic acids is 1. The number of aliphatic carboxylic acids is 1. The molecule has 2 fully saturated rings. The van der Waals surface area contributed by atoms with Crippen LogP contribution in [-0.4, -0.2) is 85.5 Å². The van der Waals surface area contributed by atoms with Crippen LogP contribution in [0.1, 0.15) is 32.3 Å². The van der Waals surface area contributed by atoms with Crippen molar-refractivity contribution in [2.45, 2.75) is 38.1 Å². The van der Waals surface area contributed by atoms with Crippen molar-refractivity contribution in [3.05, 3.63) is 11.8 Å². The van der Waals surface area contributed by atoms with E-state index >= 15 is 0 Å². The van der Waals surface area contributed by atoms with E-state index < -0.39 is 11.4 Å². The van der Waals surface area contributed by atoms with E-state index in [1.807, 2.05) is 0 Å². The highest BCUT2D eigenvalue weighted by Crippen LogP contribution is 2.33. The van der Waals surface area contributed by atoms with Crippen LogP contribution in [0.2, 0.25) is 0 Å². The van der Waals surface area contributed by atoms with E-state index in [-0.39, 0.29) is 0 Å². The van der Waals surface area contributed by atoms with Crippen LogP contribution in [0.25, 0.3) is 0 Å². The Morgan fingerprint density at radius 3 is 2.37 bits per heavy atom. The topological polar surface area (TPSA) is 82.0 Å². The fourth-order valence-corrected chi connectivity index (χ4v) is 3.67. The SMILES string of the molecule is CN(C)C1CCN(c2ncc(C(C)(C)C(=O)O)c(N3CCOCC3)n2)CC1. The Kier molecular flexibility index (Phi) is 5.86. The third-order valence-electron chi connectivity index (χ3n) is 5.75. The van der Waals surface area contributed by atoms with Crippen molar-refractivity contribution < 1.29 is 14.6 Å². The van der Waals surface area contributed by atoms with E-state index in [1.54, 1.807) is 20.0 Å². The van der Waals surface area contributed by atoms with Gasteiger partial charge in [0, 0.05) is 44.0 Å². The smallest absolute Gasteiger partial charge is 0.313 e. The number of rotatable bonds is 5. The van der Waals surface area contributed by atoms with E-state index in [2.05, 4.69) is 33.8 Å². The predicted octanol–water partition coefficient (Wildman–Crippen LogP) is 1.21. The number of hydrogen-bond donors (Lipinski definition) is 1. The summed E-state index contributed by atoms with van der Waals surface area (Å²) < 4.78 is 5.46. The monoisotopic (exact) mass is 377 g/mol. The van der Waals surface area contributed by atoms with Gasteiger partial charge in [-0.1, -0.05) is 0 Å². The molecule has 1 aromatic rings. The molecule has 150 valence electrons. The van der Waals surface area contributed by atoms with E-state index in [4.69, 9.17) is 9.72 Å². The summed E-state index contributed by atoms with van der Waals surface area (Å²) in [5.41, 5.74) is -0.395. The van der Waals surface area contributed by atoms with Crippen molar-refractivity contribution in [2.24, 2.45) is 0 Å². The summed E-state index contributed by atoms with van der Waals surface area (Å²) >= 11 is 0. The predicted molar refractivity (Wildman–Crippen MR) is 105 cm³/mol. The molecule has 1 aromatic heterocycles. The van der Waals surface area contributed by atoms with Crippen LogP contribution in [0.4, 0.5) is 11.8 Å². The first-order valence-corrected chi connectivity index (χ1v) is 9.65. The Bertz CT molecular complexity index is 665. The molecule has 27 heavy (non-hydrogen) atoms. The number of ether oxygens (including phenoxy) is 1. The first-order chi connectivity index (χ1) is 12.8. The van der Waals surface area contributed by atoms with Gasteiger partial charge in [0.25, 0.3) is 0 Å². The van der Waals surface area contributed by atoms with Gasteiger partial charge < -0.3 is 24.5 Å². The minimum absolute atomic E-state index is 0.588. The summed E-state index contributed by atoms with van der Waals surface area (Å²) in [4.78, 5) is 27.8. The van der Waals surface area contributed by atoms with Crippen molar-refractivity contribution in [1.29, 1.82) is 0 Å². The first kappa shape index (κ1) is 19.8. The van der Waals surface area contributed by atoms with E-state index in [0.717, 1.165) is 31.7 Å². The highest BCUT2D eigenvalue weighted by atomic mass is 16.5. The molecule has 0 aliphatic carbocycles. The number of anilines is 2. The molecule has 1 N–H and O–H groups in total. The largest absolute Gasteiger partial charge is 0.481 e. The molecule has 8 nitrogen and oxygen atoms in total. The van der Waals surface area contributed by atoms with Gasteiger partial charge in [-0.2, -0.15) is 4.98 Å². The number of hydrogen-bond acceptors (Lipinski definition) is 7. The molecular formula is C19H31N5O3. The molecular weight excluding hydrogens is 346 g/mol. The van der Waals surface area contributed by atoms with E-state index in [1.165, 1.54) is 0 Å². The average Bonchev–Trinajstić information content (AvgIpc) is 2.68. The van der Waals surface area contributed by atoms with Crippen LogP contribution >= 0.6 is 0 Å². The van der Waals surface area contributed by atoms with Gasteiger partial charge in [0.1, 0.15) is 5.82 Å². The summed E-state index contributed by atoms with van der Waals surface area (Å²) in [6.07, 6.45) is 3.86. The summed E-state index contributed by atoms with van der Waals surface area (Å²) in [6.45, 7) is 7.91. The van der Waals surface area contributed by atoms with E-state index in [0.29, 0.717) is 43.9 Å². The molecule has 0 aromatic carbocycles. The third-order valence-corrected chi connectivity index (χ3v) is 5.75. The Balaban J connectivity index is 1.90. The Morgan fingerprint density at radius 2 is 1.81 bits per heavy atom. The minimum atomic E-state index is -1.05. The molecule has 8 heteroatoms. The van der Waals surface area contributed by atoms with Gasteiger partial charge >= 0.3 is 5.97 Å². The van der Waals surface area contributed by atoms with Crippen LogP contribution in [0, 0.1) is 0 Å². The standard InChI is InChI=1S/C19H31N5O3/c1-19(2,17(25)26)15-13-20-18(21-16(15)23-9-11-27-12-10-23)24-7-5-14(6-8-24)22(3)4/h13-14H,5-12H2,1-4H3,(H,25,26). The molecule has 0 unspecified atom stereocenters. The molecule has 0 bridgehead atoms. The van der Waals surface area contributed by atoms with Gasteiger partial charge in [-0.25, -0.2) is 4.98 Å². The van der Waals surface area contributed by atoms with Crippen LogP contribution in [0.15, 0.2) is 6.20 Å². The van der Waals surface area contributed by atoms with Gasteiger partial charge in [-0.05, 0) is 40.8 Å². The fraction of sp³-hybridized carbons (Fsp3) is 0.737. The van der Waals surface area contributed by atoms with Crippen LogP contribution < -0.4 is 9.80 Å². The number of carbonyl (C=O) groups is 1. The Hall–Kier alpha value is -1.93. The van der Waals surface area contributed by atoms with Crippen molar-refractivity contribution >= 4 is 17.7 Å². The first-order valence-electron chi connectivity index (χ1n) is 9.65. The van der Waals surface area contributed by atoms with Crippen LogP contribution in [0.5, 0.6) is 0 Å². The zero-order valence-electron chi connectivity index (χ0n) is 16.8. The number of nitrogens with zero attached hydrogens (tertiary/aromatic N) is 5. The minimum Gasteiger partial charge on any atom is -0.481 e. The lowest BCUT2D eigenvalue weighted by molar-refractivity contribution is -0.142. The molecule has 3 rings (SSSR count). The fourth-order valence-electron chi connectivity index (χ4n) is 3.67. The molecule has 0 saturated carbocycles. The second kappa shape index (κ2) is 7.98. The van der Waals surface area contributed by atoms with Crippen LogP contribution in [0.3, 0.4) is 0 Å². The van der Waals surface area contributed by atoms with Crippen molar-refractivity contribution in [3.63, 3.8) is 0 Å². The summed E-state index contributed by atoms with van der Waals surface area (Å²) in [5.74, 6) is 0.546. The Labute approximate surface area is 161 Å². The molecule has 2 saturated heterocycles. The molecule has 0 atom stereocenters. The normalized spacial score (nSPS) is 19.6. The Morgan fingerprint density at radius 1 is 1.19 bits per heavy atom. The third kappa shape index (κ3) is 4.16. The maximum atomic E-state index is 11.8. The van der Waals surface area contributed by atoms with Gasteiger partial charge in [0.2, 0.25) is 5.95 Å². The summed E-state index contributed by atoms with van der Waals surface area (Å²) in [5, 5.41) is 9.70. The van der Waals surface area contributed by atoms with Crippen LogP contribution in [-0.2, 0) is 14.9 Å². The molecule has 3 heterocycles. The summed E-state index contributed by atoms with van der Waals surface area (Å²) in [7, 11) is 4.24. The van der Waals surface area contributed by atoms with Gasteiger partial charge in [0.15, 0.2) is 0 Å². The lowest BCUT2D eigenvalue weighted by Gasteiger charge is -2.37. The lowest BCUT2D eigenvalue weighted by Crippen LogP contribution is -2.43. The molecule has 2 aliphatic rings. The van der Waals surface area contributed by atoms with Crippen molar-refractivity contribution in [2.75, 3.05) is 63.3 Å². The number of piperidine rings is 1. The lowest BCUT2D eigenvalue weighted by atomic mass is 9.85. The average molecular weight is 377 g/mol. The molecule has 0 amide bonds. The van der Waals surface area contributed by atoms with Crippen molar-refractivity contribution in [1.82, 2.24) is 14.9 Å². The summed E-state index contributed by atoms with van der Waals surface area (Å²) in [6, 6.07) is 0.588. The molecule has 0 radical (unpaired) electrons. The zero-order chi connectivity index (χ0) is 19.6. The zero-order valence-corrected chi connectivity index (χ0v) is 16.8. The highest BCUT2D eigenvalue weighted by molar-refractivity contribution is 5.82. The number of aromatic nitrogens is 2. The quantitative estimate of drug-likeness (QED) is 0.820. The molecule has 0 spiro atoms. The van der Waals surface area contributed by atoms with E-state index in [9.17, 15) is 9.90 Å². The number of morpholine rings is 1. The van der Waals surface area contributed by atoms with Gasteiger partial charge in [-0.3, -0.25) is 4.79 Å².